The Morgan fingerprint density at radius 2 is 1.79 bits per heavy atom. The topological polar surface area (TPSA) is 91.7 Å². The SMILES string of the molecule is CC(C)c1c(C(=O)NCc2ccccc2)nn(-c2ccc(F)cc2)c1/C=C/C1C[C@H](CC(=O)OC(C)(C)C)OC(C)(C)O1. The van der Waals surface area contributed by atoms with E-state index >= 15 is 0 Å². The van der Waals surface area contributed by atoms with Gasteiger partial charge in [0.2, 0.25) is 0 Å². The second kappa shape index (κ2) is 13.2. The Morgan fingerprint density at radius 1 is 1.12 bits per heavy atom. The van der Waals surface area contributed by atoms with Gasteiger partial charge in [-0.3, -0.25) is 9.59 Å². The standard InChI is InChI=1S/C34H42FN3O5/c1-22(2)30-28(18-17-26-19-27(42-34(6,7)41-26)20-29(39)43-33(3,4)5)38(25-15-13-24(35)14-16-25)37-31(30)32(40)36-21-23-11-9-8-10-12-23/h8-18,22,26-27H,19-21H2,1-7H3,(H,36,40)/b18-17+/t26?,27-/m1/s1. The number of carbonyl (C=O) groups excluding carboxylic acids is 2. The van der Waals surface area contributed by atoms with Crippen molar-refractivity contribution in [3.8, 4) is 5.69 Å². The van der Waals surface area contributed by atoms with Crippen LogP contribution in [0.1, 0.15) is 94.5 Å². The van der Waals surface area contributed by atoms with E-state index in [0.29, 0.717) is 30.0 Å². The first-order chi connectivity index (χ1) is 20.2. The molecule has 1 N–H and O–H groups in total. The number of ether oxygens (including phenoxy) is 3. The second-order valence-electron chi connectivity index (χ2n) is 12.5. The Balaban J connectivity index is 1.66. The van der Waals surface area contributed by atoms with Crippen molar-refractivity contribution in [2.75, 3.05) is 0 Å². The van der Waals surface area contributed by atoms with E-state index in [1.807, 2.05) is 91.0 Å². The molecule has 1 aliphatic heterocycles. The zero-order valence-electron chi connectivity index (χ0n) is 26.0. The lowest BCUT2D eigenvalue weighted by molar-refractivity contribution is -0.290. The van der Waals surface area contributed by atoms with Crippen LogP contribution < -0.4 is 5.32 Å². The highest BCUT2D eigenvalue weighted by Gasteiger charge is 2.36. The van der Waals surface area contributed by atoms with Gasteiger partial charge >= 0.3 is 5.97 Å². The lowest BCUT2D eigenvalue weighted by Crippen LogP contribution is -2.45. The zero-order valence-corrected chi connectivity index (χ0v) is 26.0. The molecule has 1 aromatic heterocycles. The number of hydrogen-bond donors (Lipinski definition) is 1. The number of nitrogens with zero attached hydrogens (tertiary/aromatic N) is 2. The molecule has 2 aromatic carbocycles. The van der Waals surface area contributed by atoms with Gasteiger partial charge in [0.05, 0.1) is 30.0 Å². The predicted molar refractivity (Wildman–Crippen MR) is 163 cm³/mol. The molecule has 0 aliphatic carbocycles. The van der Waals surface area contributed by atoms with E-state index in [1.165, 1.54) is 12.1 Å². The van der Waals surface area contributed by atoms with Gasteiger partial charge in [-0.15, -0.1) is 0 Å². The van der Waals surface area contributed by atoms with Gasteiger partial charge in [-0.2, -0.15) is 5.10 Å². The normalized spacial score (nSPS) is 18.6. The van der Waals surface area contributed by atoms with Crippen LogP contribution in [0.25, 0.3) is 11.8 Å². The third-order valence-electron chi connectivity index (χ3n) is 6.78. The summed E-state index contributed by atoms with van der Waals surface area (Å²) in [5.41, 5.74) is 2.73. The minimum atomic E-state index is -0.930. The molecule has 43 heavy (non-hydrogen) atoms. The molecule has 8 nitrogen and oxygen atoms in total. The molecule has 1 saturated heterocycles. The number of carbonyl (C=O) groups is 2. The van der Waals surface area contributed by atoms with Gasteiger partial charge in [-0.25, -0.2) is 9.07 Å². The van der Waals surface area contributed by atoms with Gasteiger partial charge in [-0.05, 0) is 76.4 Å². The van der Waals surface area contributed by atoms with Crippen LogP contribution in [0.2, 0.25) is 0 Å². The van der Waals surface area contributed by atoms with Crippen molar-refractivity contribution in [1.82, 2.24) is 15.1 Å². The Labute approximate surface area is 253 Å². The fourth-order valence-corrected chi connectivity index (χ4v) is 5.14. The molecule has 0 bridgehead atoms. The van der Waals surface area contributed by atoms with Crippen LogP contribution >= 0.6 is 0 Å². The van der Waals surface area contributed by atoms with Crippen molar-refractivity contribution in [3.63, 3.8) is 0 Å². The average molecular weight is 592 g/mol. The summed E-state index contributed by atoms with van der Waals surface area (Å²) in [7, 11) is 0. The van der Waals surface area contributed by atoms with Crippen LogP contribution in [0.5, 0.6) is 0 Å². The first-order valence-electron chi connectivity index (χ1n) is 14.7. The Kier molecular flexibility index (Phi) is 9.87. The number of halogens is 1. The summed E-state index contributed by atoms with van der Waals surface area (Å²) >= 11 is 0. The summed E-state index contributed by atoms with van der Waals surface area (Å²) < 4.78 is 33.2. The summed E-state index contributed by atoms with van der Waals surface area (Å²) in [6.45, 7) is 13.5. The monoisotopic (exact) mass is 591 g/mol. The van der Waals surface area contributed by atoms with E-state index in [2.05, 4.69) is 5.32 Å². The smallest absolute Gasteiger partial charge is 0.308 e. The van der Waals surface area contributed by atoms with Crippen molar-refractivity contribution in [2.24, 2.45) is 0 Å². The highest BCUT2D eigenvalue weighted by molar-refractivity contribution is 5.95. The molecule has 9 heteroatoms. The van der Waals surface area contributed by atoms with Crippen molar-refractivity contribution in [3.05, 3.63) is 89.0 Å². The van der Waals surface area contributed by atoms with Crippen LogP contribution in [-0.4, -0.2) is 45.3 Å². The number of amides is 1. The quantitative estimate of drug-likeness (QED) is 0.278. The lowest BCUT2D eigenvalue weighted by atomic mass is 9.98. The summed E-state index contributed by atoms with van der Waals surface area (Å²) in [6.07, 6.45) is 3.54. The molecule has 230 valence electrons. The van der Waals surface area contributed by atoms with Gasteiger partial charge in [0.1, 0.15) is 11.4 Å². The van der Waals surface area contributed by atoms with E-state index in [-0.39, 0.29) is 36.1 Å². The highest BCUT2D eigenvalue weighted by atomic mass is 19.1. The van der Waals surface area contributed by atoms with E-state index in [9.17, 15) is 14.0 Å². The first-order valence-corrected chi connectivity index (χ1v) is 14.7. The van der Waals surface area contributed by atoms with Crippen LogP contribution in [-0.2, 0) is 25.5 Å². The van der Waals surface area contributed by atoms with E-state index in [0.717, 1.165) is 11.1 Å². The zero-order chi connectivity index (χ0) is 31.4. The minimum absolute atomic E-state index is 0.0571. The van der Waals surface area contributed by atoms with E-state index in [4.69, 9.17) is 19.3 Å². The molecular formula is C34H42FN3O5. The molecule has 0 saturated carbocycles. The molecule has 1 aliphatic rings. The maximum Gasteiger partial charge on any atom is 0.308 e. The molecule has 1 fully saturated rings. The van der Waals surface area contributed by atoms with Crippen LogP contribution in [0.4, 0.5) is 4.39 Å². The van der Waals surface area contributed by atoms with Gasteiger partial charge < -0.3 is 19.5 Å². The number of esters is 1. The Morgan fingerprint density at radius 3 is 2.42 bits per heavy atom. The molecule has 1 unspecified atom stereocenters. The van der Waals surface area contributed by atoms with Crippen molar-refractivity contribution < 1.29 is 28.2 Å². The van der Waals surface area contributed by atoms with Gasteiger partial charge in [0, 0.05) is 18.5 Å². The minimum Gasteiger partial charge on any atom is -0.460 e. The predicted octanol–water partition coefficient (Wildman–Crippen LogP) is 6.72. The van der Waals surface area contributed by atoms with E-state index in [1.54, 1.807) is 16.8 Å². The maximum absolute atomic E-state index is 13.8. The number of aromatic nitrogens is 2. The fourth-order valence-electron chi connectivity index (χ4n) is 5.14. The Bertz CT molecular complexity index is 1440. The third-order valence-corrected chi connectivity index (χ3v) is 6.78. The van der Waals surface area contributed by atoms with Crippen LogP contribution in [0.15, 0.2) is 60.7 Å². The molecule has 3 aromatic rings. The molecule has 2 atom stereocenters. The molecular weight excluding hydrogens is 549 g/mol. The van der Waals surface area contributed by atoms with Gasteiger partial charge in [-0.1, -0.05) is 50.3 Å². The second-order valence-corrected chi connectivity index (χ2v) is 12.5. The third kappa shape index (κ3) is 8.84. The van der Waals surface area contributed by atoms with Crippen molar-refractivity contribution in [2.45, 2.75) is 97.4 Å². The molecule has 4 rings (SSSR count). The largest absolute Gasteiger partial charge is 0.460 e. The molecule has 0 spiro atoms. The van der Waals surface area contributed by atoms with Gasteiger partial charge in [0.25, 0.3) is 5.91 Å². The van der Waals surface area contributed by atoms with Crippen LogP contribution in [0.3, 0.4) is 0 Å². The summed E-state index contributed by atoms with van der Waals surface area (Å²) in [6, 6.07) is 15.6. The fraction of sp³-hybridized carbons (Fsp3) is 0.441. The molecule has 0 radical (unpaired) electrons. The first kappa shape index (κ1) is 32.1. The lowest BCUT2D eigenvalue weighted by Gasteiger charge is -2.39. The highest BCUT2D eigenvalue weighted by Crippen LogP contribution is 2.32. The van der Waals surface area contributed by atoms with E-state index < -0.39 is 17.5 Å². The number of rotatable bonds is 9. The van der Waals surface area contributed by atoms with Crippen molar-refractivity contribution >= 4 is 18.0 Å². The number of benzene rings is 2. The van der Waals surface area contributed by atoms with Crippen LogP contribution in [0, 0.1) is 5.82 Å². The van der Waals surface area contributed by atoms with Gasteiger partial charge in [0.15, 0.2) is 11.5 Å². The maximum atomic E-state index is 13.8. The summed E-state index contributed by atoms with van der Waals surface area (Å²) in [4.78, 5) is 26.0. The summed E-state index contributed by atoms with van der Waals surface area (Å²) in [5, 5.41) is 7.71. The number of hydrogen-bond acceptors (Lipinski definition) is 6. The van der Waals surface area contributed by atoms with Crippen molar-refractivity contribution in [1.29, 1.82) is 0 Å². The molecule has 1 amide bonds. The summed E-state index contributed by atoms with van der Waals surface area (Å²) in [5.74, 6) is -1.99. The average Bonchev–Trinajstić information content (AvgIpc) is 3.29. The Hall–Kier alpha value is -3.82. The number of nitrogens with one attached hydrogen (secondary N) is 1. The molecule has 2 heterocycles.